The second kappa shape index (κ2) is 8.53. The standard InChI is InChI=1S/C22H25Cl2NO2/c1-3-22(4-2)14-19(16-8-5-6-11-20(16)27-22)25-21(26)13-12-15-17(23)9-7-10-18(15)24/h5-11,19H,3-4,12-14H2,1-2H3,(H,25,26). The summed E-state index contributed by atoms with van der Waals surface area (Å²) >= 11 is 12.4. The third-order valence-corrected chi connectivity index (χ3v) is 6.19. The lowest BCUT2D eigenvalue weighted by Crippen LogP contribution is -2.44. The van der Waals surface area contributed by atoms with Crippen molar-refractivity contribution < 1.29 is 9.53 Å². The van der Waals surface area contributed by atoms with Crippen molar-refractivity contribution in [3.63, 3.8) is 0 Å². The predicted octanol–water partition coefficient (Wildman–Crippen LogP) is 6.12. The monoisotopic (exact) mass is 405 g/mol. The van der Waals surface area contributed by atoms with Crippen LogP contribution in [0.3, 0.4) is 0 Å². The van der Waals surface area contributed by atoms with Crippen LogP contribution in [0.1, 0.15) is 56.7 Å². The van der Waals surface area contributed by atoms with Gasteiger partial charge in [-0.15, -0.1) is 0 Å². The molecular weight excluding hydrogens is 381 g/mol. The third kappa shape index (κ3) is 4.41. The van der Waals surface area contributed by atoms with Crippen molar-refractivity contribution in [2.45, 2.75) is 57.6 Å². The number of carbonyl (C=O) groups excluding carboxylic acids is 1. The Hall–Kier alpha value is -1.71. The van der Waals surface area contributed by atoms with Crippen molar-refractivity contribution in [1.82, 2.24) is 5.32 Å². The number of halogens is 2. The summed E-state index contributed by atoms with van der Waals surface area (Å²) in [6.45, 7) is 4.27. The van der Waals surface area contributed by atoms with Gasteiger partial charge in [0.25, 0.3) is 0 Å². The highest BCUT2D eigenvalue weighted by Gasteiger charge is 2.38. The molecule has 1 amide bonds. The van der Waals surface area contributed by atoms with Gasteiger partial charge in [0.2, 0.25) is 5.91 Å². The fourth-order valence-electron chi connectivity index (χ4n) is 3.71. The number of fused-ring (bicyclic) bond motifs is 1. The summed E-state index contributed by atoms with van der Waals surface area (Å²) in [5.74, 6) is 0.862. The van der Waals surface area contributed by atoms with Crippen LogP contribution in [0, 0.1) is 0 Å². The molecule has 1 unspecified atom stereocenters. The summed E-state index contributed by atoms with van der Waals surface area (Å²) in [5.41, 5.74) is 1.62. The van der Waals surface area contributed by atoms with E-state index in [1.54, 1.807) is 12.1 Å². The Morgan fingerprint density at radius 1 is 1.11 bits per heavy atom. The minimum absolute atomic E-state index is 0.00574. The van der Waals surface area contributed by atoms with Crippen LogP contribution in [0.25, 0.3) is 0 Å². The topological polar surface area (TPSA) is 38.3 Å². The number of amides is 1. The third-order valence-electron chi connectivity index (χ3n) is 5.48. The smallest absolute Gasteiger partial charge is 0.220 e. The molecule has 0 spiro atoms. The van der Waals surface area contributed by atoms with Gasteiger partial charge >= 0.3 is 0 Å². The van der Waals surface area contributed by atoms with E-state index in [1.165, 1.54) is 0 Å². The molecular formula is C22H25Cl2NO2. The summed E-state index contributed by atoms with van der Waals surface area (Å²) in [4.78, 5) is 12.7. The number of para-hydroxylation sites is 1. The van der Waals surface area contributed by atoms with E-state index in [2.05, 4.69) is 19.2 Å². The molecule has 1 atom stereocenters. The van der Waals surface area contributed by atoms with E-state index in [0.717, 1.165) is 36.1 Å². The van der Waals surface area contributed by atoms with Crippen LogP contribution in [-0.2, 0) is 11.2 Å². The minimum atomic E-state index is -0.238. The molecule has 3 rings (SSSR count). The molecule has 144 valence electrons. The molecule has 0 saturated carbocycles. The summed E-state index contributed by atoms with van der Waals surface area (Å²) in [6, 6.07) is 13.3. The van der Waals surface area contributed by atoms with Crippen molar-refractivity contribution >= 4 is 29.1 Å². The molecule has 2 aromatic carbocycles. The van der Waals surface area contributed by atoms with Gasteiger partial charge in [0, 0.05) is 28.5 Å². The summed E-state index contributed by atoms with van der Waals surface area (Å²) in [6.07, 6.45) is 3.44. The Bertz CT molecular complexity index is 797. The number of hydrogen-bond donors (Lipinski definition) is 1. The van der Waals surface area contributed by atoms with Crippen LogP contribution in [-0.4, -0.2) is 11.5 Å². The average molecular weight is 406 g/mol. The van der Waals surface area contributed by atoms with Gasteiger partial charge in [-0.25, -0.2) is 0 Å². The molecule has 3 nitrogen and oxygen atoms in total. The van der Waals surface area contributed by atoms with Crippen LogP contribution in [0.2, 0.25) is 10.0 Å². The highest BCUT2D eigenvalue weighted by atomic mass is 35.5. The lowest BCUT2D eigenvalue weighted by Gasteiger charge is -2.41. The molecule has 2 aromatic rings. The largest absolute Gasteiger partial charge is 0.487 e. The zero-order valence-electron chi connectivity index (χ0n) is 15.7. The first kappa shape index (κ1) is 20.0. The first-order valence-corrected chi connectivity index (χ1v) is 10.2. The number of carbonyl (C=O) groups is 1. The maximum atomic E-state index is 12.7. The van der Waals surface area contributed by atoms with Crippen LogP contribution >= 0.6 is 23.2 Å². The van der Waals surface area contributed by atoms with E-state index in [4.69, 9.17) is 27.9 Å². The van der Waals surface area contributed by atoms with Crippen LogP contribution in [0.5, 0.6) is 5.75 Å². The van der Waals surface area contributed by atoms with Gasteiger partial charge in [0.05, 0.1) is 6.04 Å². The Morgan fingerprint density at radius 2 is 1.78 bits per heavy atom. The number of hydrogen-bond acceptors (Lipinski definition) is 2. The minimum Gasteiger partial charge on any atom is -0.487 e. The molecule has 0 bridgehead atoms. The van der Waals surface area contributed by atoms with E-state index in [9.17, 15) is 4.79 Å². The molecule has 27 heavy (non-hydrogen) atoms. The molecule has 0 saturated heterocycles. The van der Waals surface area contributed by atoms with Crippen molar-refractivity contribution in [3.05, 3.63) is 63.6 Å². The van der Waals surface area contributed by atoms with Gasteiger partial charge in [-0.2, -0.15) is 0 Å². The molecule has 0 fully saturated rings. The van der Waals surface area contributed by atoms with Crippen LogP contribution < -0.4 is 10.1 Å². The normalized spacial score (nSPS) is 17.7. The highest BCUT2D eigenvalue weighted by molar-refractivity contribution is 6.36. The Labute approximate surface area is 171 Å². The number of benzene rings is 2. The fraction of sp³-hybridized carbons (Fsp3) is 0.409. The van der Waals surface area contributed by atoms with E-state index < -0.39 is 0 Å². The number of ether oxygens (including phenoxy) is 1. The molecule has 1 aliphatic rings. The Kier molecular flexibility index (Phi) is 6.33. The lowest BCUT2D eigenvalue weighted by atomic mass is 9.83. The zero-order valence-corrected chi connectivity index (χ0v) is 17.2. The lowest BCUT2D eigenvalue weighted by molar-refractivity contribution is -0.122. The predicted molar refractivity (Wildman–Crippen MR) is 111 cm³/mol. The highest BCUT2D eigenvalue weighted by Crippen LogP contribution is 2.42. The molecule has 0 aliphatic carbocycles. The maximum absolute atomic E-state index is 12.7. The van der Waals surface area contributed by atoms with E-state index >= 15 is 0 Å². The molecule has 0 aromatic heterocycles. The summed E-state index contributed by atoms with van der Waals surface area (Å²) < 4.78 is 6.30. The van der Waals surface area contributed by atoms with Gasteiger partial charge < -0.3 is 10.1 Å². The Balaban J connectivity index is 1.73. The maximum Gasteiger partial charge on any atom is 0.220 e. The van der Waals surface area contributed by atoms with Crippen molar-refractivity contribution in [2.24, 2.45) is 0 Å². The van der Waals surface area contributed by atoms with Gasteiger partial charge in [-0.1, -0.05) is 61.3 Å². The van der Waals surface area contributed by atoms with Crippen molar-refractivity contribution in [1.29, 1.82) is 0 Å². The van der Waals surface area contributed by atoms with Gasteiger partial charge in [-0.3, -0.25) is 4.79 Å². The average Bonchev–Trinajstić information content (AvgIpc) is 2.67. The number of nitrogens with one attached hydrogen (secondary N) is 1. The second-order valence-electron chi connectivity index (χ2n) is 7.05. The van der Waals surface area contributed by atoms with Crippen LogP contribution in [0.4, 0.5) is 0 Å². The molecule has 1 aliphatic heterocycles. The van der Waals surface area contributed by atoms with Crippen LogP contribution in [0.15, 0.2) is 42.5 Å². The van der Waals surface area contributed by atoms with E-state index in [0.29, 0.717) is 22.9 Å². The SMILES string of the molecule is CCC1(CC)CC(NC(=O)CCc2c(Cl)cccc2Cl)c2ccccc2O1. The first-order chi connectivity index (χ1) is 13.0. The first-order valence-electron chi connectivity index (χ1n) is 9.48. The quantitative estimate of drug-likeness (QED) is 0.627. The van der Waals surface area contributed by atoms with E-state index in [-0.39, 0.29) is 17.6 Å². The van der Waals surface area contributed by atoms with E-state index in [1.807, 2.05) is 30.3 Å². The van der Waals surface area contributed by atoms with Gasteiger partial charge in [0.15, 0.2) is 0 Å². The fourth-order valence-corrected chi connectivity index (χ4v) is 4.29. The number of rotatable bonds is 6. The van der Waals surface area contributed by atoms with Crippen molar-refractivity contribution in [2.75, 3.05) is 0 Å². The molecule has 0 radical (unpaired) electrons. The molecule has 1 heterocycles. The second-order valence-corrected chi connectivity index (χ2v) is 7.87. The Morgan fingerprint density at radius 3 is 2.44 bits per heavy atom. The van der Waals surface area contributed by atoms with Gasteiger partial charge in [-0.05, 0) is 43.0 Å². The molecule has 5 heteroatoms. The van der Waals surface area contributed by atoms with Crippen molar-refractivity contribution in [3.8, 4) is 5.75 Å². The zero-order chi connectivity index (χ0) is 19.4. The molecule has 1 N–H and O–H groups in total. The summed E-state index contributed by atoms with van der Waals surface area (Å²) in [7, 11) is 0. The summed E-state index contributed by atoms with van der Waals surface area (Å²) in [5, 5.41) is 4.40. The van der Waals surface area contributed by atoms with Gasteiger partial charge in [0.1, 0.15) is 11.4 Å².